The third kappa shape index (κ3) is 3.89. The average molecular weight is 295 g/mol. The number of halogens is 1. The summed E-state index contributed by atoms with van der Waals surface area (Å²) in [6, 6.07) is 6.77. The van der Waals surface area contributed by atoms with Crippen LogP contribution in [0, 0.1) is 5.92 Å². The second-order valence-electron chi connectivity index (χ2n) is 7.04. The van der Waals surface area contributed by atoms with Gasteiger partial charge in [0.05, 0.1) is 10.7 Å². The van der Waals surface area contributed by atoms with Crippen LogP contribution in [0.2, 0.25) is 5.02 Å². The molecule has 0 saturated heterocycles. The SMILES string of the molecule is CC(C1CC1)N(C)c1c(Cl)cccc1CNC(C)(C)C. The van der Waals surface area contributed by atoms with E-state index in [1.54, 1.807) is 0 Å². The second-order valence-corrected chi connectivity index (χ2v) is 7.45. The standard InChI is InChI=1S/C17H27ClN2/c1-12(13-9-10-13)20(5)16-14(7-6-8-15(16)18)11-19-17(2,3)4/h6-8,12-13,19H,9-11H2,1-5H3. The third-order valence-corrected chi connectivity index (χ3v) is 4.45. The lowest BCUT2D eigenvalue weighted by molar-refractivity contribution is 0.424. The summed E-state index contributed by atoms with van der Waals surface area (Å²) in [5.41, 5.74) is 2.58. The molecule has 2 nitrogen and oxygen atoms in total. The van der Waals surface area contributed by atoms with Crippen molar-refractivity contribution in [2.45, 2.75) is 58.7 Å². The number of nitrogens with one attached hydrogen (secondary N) is 1. The van der Waals surface area contributed by atoms with Gasteiger partial charge in [-0.1, -0.05) is 23.7 Å². The van der Waals surface area contributed by atoms with E-state index in [2.05, 4.69) is 51.0 Å². The highest BCUT2D eigenvalue weighted by molar-refractivity contribution is 6.33. The highest BCUT2D eigenvalue weighted by Crippen LogP contribution is 2.39. The first kappa shape index (κ1) is 15.7. The fourth-order valence-electron chi connectivity index (χ4n) is 2.56. The zero-order chi connectivity index (χ0) is 14.9. The molecule has 0 bridgehead atoms. The van der Waals surface area contributed by atoms with Crippen molar-refractivity contribution >= 4 is 17.3 Å². The summed E-state index contributed by atoms with van der Waals surface area (Å²) in [6.45, 7) is 9.72. The van der Waals surface area contributed by atoms with Crippen molar-refractivity contribution in [3.63, 3.8) is 0 Å². The van der Waals surface area contributed by atoms with E-state index < -0.39 is 0 Å². The molecule has 20 heavy (non-hydrogen) atoms. The summed E-state index contributed by atoms with van der Waals surface area (Å²) in [5.74, 6) is 0.833. The fourth-order valence-corrected chi connectivity index (χ4v) is 2.88. The third-order valence-electron chi connectivity index (χ3n) is 4.15. The molecule has 1 aromatic rings. The monoisotopic (exact) mass is 294 g/mol. The molecule has 0 radical (unpaired) electrons. The van der Waals surface area contributed by atoms with Gasteiger partial charge in [-0.2, -0.15) is 0 Å². The fraction of sp³-hybridized carbons (Fsp3) is 0.647. The molecule has 0 aromatic heterocycles. The number of hydrogen-bond donors (Lipinski definition) is 1. The van der Waals surface area contributed by atoms with Crippen molar-refractivity contribution in [2.24, 2.45) is 5.92 Å². The molecular formula is C17H27ClN2. The van der Waals surface area contributed by atoms with E-state index in [-0.39, 0.29) is 5.54 Å². The molecule has 1 fully saturated rings. The van der Waals surface area contributed by atoms with Crippen LogP contribution in [0.3, 0.4) is 0 Å². The summed E-state index contributed by atoms with van der Waals surface area (Å²) in [5, 5.41) is 4.41. The second kappa shape index (κ2) is 5.95. The summed E-state index contributed by atoms with van der Waals surface area (Å²) in [6.07, 6.45) is 2.71. The largest absolute Gasteiger partial charge is 0.370 e. The molecule has 1 unspecified atom stereocenters. The number of anilines is 1. The maximum atomic E-state index is 6.47. The lowest BCUT2D eigenvalue weighted by Crippen LogP contribution is -2.36. The average Bonchev–Trinajstić information content (AvgIpc) is 3.18. The Morgan fingerprint density at radius 2 is 2.00 bits per heavy atom. The van der Waals surface area contributed by atoms with Gasteiger partial charge < -0.3 is 10.2 Å². The molecule has 112 valence electrons. The van der Waals surface area contributed by atoms with Crippen LogP contribution in [0.5, 0.6) is 0 Å². The van der Waals surface area contributed by atoms with Crippen LogP contribution in [-0.4, -0.2) is 18.6 Å². The van der Waals surface area contributed by atoms with Crippen molar-refractivity contribution in [3.8, 4) is 0 Å². The summed E-state index contributed by atoms with van der Waals surface area (Å²) >= 11 is 6.47. The van der Waals surface area contributed by atoms with Crippen molar-refractivity contribution in [2.75, 3.05) is 11.9 Å². The van der Waals surface area contributed by atoms with Gasteiger partial charge in [0.2, 0.25) is 0 Å². The van der Waals surface area contributed by atoms with Crippen LogP contribution in [0.25, 0.3) is 0 Å². The van der Waals surface area contributed by atoms with Gasteiger partial charge in [-0.25, -0.2) is 0 Å². The highest BCUT2D eigenvalue weighted by Gasteiger charge is 2.31. The first-order valence-corrected chi connectivity index (χ1v) is 7.92. The zero-order valence-corrected chi connectivity index (χ0v) is 14.1. The maximum absolute atomic E-state index is 6.47. The predicted molar refractivity (Wildman–Crippen MR) is 88.6 cm³/mol. The van der Waals surface area contributed by atoms with Gasteiger partial charge in [0.15, 0.2) is 0 Å². The number of hydrogen-bond acceptors (Lipinski definition) is 2. The Balaban J connectivity index is 2.21. The molecule has 0 spiro atoms. The van der Waals surface area contributed by atoms with E-state index >= 15 is 0 Å². The van der Waals surface area contributed by atoms with Crippen LogP contribution in [0.4, 0.5) is 5.69 Å². The highest BCUT2D eigenvalue weighted by atomic mass is 35.5. The lowest BCUT2D eigenvalue weighted by atomic mass is 10.1. The minimum atomic E-state index is 0.111. The normalized spacial score (nSPS) is 17.1. The first-order chi connectivity index (χ1) is 9.29. The molecule has 1 atom stereocenters. The maximum Gasteiger partial charge on any atom is 0.0642 e. The molecule has 0 heterocycles. The minimum absolute atomic E-state index is 0.111. The van der Waals surface area contributed by atoms with E-state index in [4.69, 9.17) is 11.6 Å². The van der Waals surface area contributed by atoms with Crippen molar-refractivity contribution in [1.29, 1.82) is 0 Å². The summed E-state index contributed by atoms with van der Waals surface area (Å²) < 4.78 is 0. The van der Waals surface area contributed by atoms with Crippen LogP contribution < -0.4 is 10.2 Å². The molecule has 0 aliphatic heterocycles. The molecule has 1 saturated carbocycles. The quantitative estimate of drug-likeness (QED) is 0.862. The van der Waals surface area contributed by atoms with E-state index in [0.717, 1.165) is 17.5 Å². The predicted octanol–water partition coefficient (Wildman–Crippen LogP) is 4.46. The van der Waals surface area contributed by atoms with Crippen molar-refractivity contribution in [1.82, 2.24) is 5.32 Å². The van der Waals surface area contributed by atoms with E-state index in [1.165, 1.54) is 24.1 Å². The smallest absolute Gasteiger partial charge is 0.0642 e. The van der Waals surface area contributed by atoms with Crippen LogP contribution >= 0.6 is 11.6 Å². The van der Waals surface area contributed by atoms with Gasteiger partial charge in [-0.3, -0.25) is 0 Å². The molecule has 1 aliphatic carbocycles. The van der Waals surface area contributed by atoms with Crippen molar-refractivity contribution < 1.29 is 0 Å². The Morgan fingerprint density at radius 1 is 1.35 bits per heavy atom. The van der Waals surface area contributed by atoms with Gasteiger partial charge in [0.25, 0.3) is 0 Å². The molecule has 0 amide bonds. The molecular weight excluding hydrogens is 268 g/mol. The lowest BCUT2D eigenvalue weighted by Gasteiger charge is -2.31. The number of para-hydroxylation sites is 1. The van der Waals surface area contributed by atoms with Crippen LogP contribution in [-0.2, 0) is 6.54 Å². The van der Waals surface area contributed by atoms with E-state index in [0.29, 0.717) is 6.04 Å². The number of rotatable bonds is 5. The Hall–Kier alpha value is -0.730. The molecule has 1 aliphatic rings. The summed E-state index contributed by atoms with van der Waals surface area (Å²) in [4.78, 5) is 2.36. The molecule has 1 aromatic carbocycles. The molecule has 2 rings (SSSR count). The number of nitrogens with zero attached hydrogens (tertiary/aromatic N) is 1. The van der Waals surface area contributed by atoms with Gasteiger partial charge >= 0.3 is 0 Å². The van der Waals surface area contributed by atoms with Crippen LogP contribution in [0.1, 0.15) is 46.1 Å². The Morgan fingerprint density at radius 3 is 2.55 bits per heavy atom. The molecule has 1 N–H and O–H groups in total. The van der Waals surface area contributed by atoms with Crippen molar-refractivity contribution in [3.05, 3.63) is 28.8 Å². The van der Waals surface area contributed by atoms with E-state index in [9.17, 15) is 0 Å². The zero-order valence-electron chi connectivity index (χ0n) is 13.3. The Labute approximate surface area is 128 Å². The Kier molecular flexibility index (Phi) is 4.66. The summed E-state index contributed by atoms with van der Waals surface area (Å²) in [7, 11) is 2.17. The Bertz CT molecular complexity index is 461. The van der Waals surface area contributed by atoms with Crippen LogP contribution in [0.15, 0.2) is 18.2 Å². The van der Waals surface area contributed by atoms with Gasteiger partial charge in [-0.15, -0.1) is 0 Å². The van der Waals surface area contributed by atoms with E-state index in [1.807, 2.05) is 12.1 Å². The van der Waals surface area contributed by atoms with Gasteiger partial charge in [-0.05, 0) is 58.1 Å². The van der Waals surface area contributed by atoms with Gasteiger partial charge in [0.1, 0.15) is 0 Å². The number of benzene rings is 1. The van der Waals surface area contributed by atoms with Gasteiger partial charge in [0, 0.05) is 25.2 Å². The first-order valence-electron chi connectivity index (χ1n) is 7.55. The topological polar surface area (TPSA) is 15.3 Å². The molecule has 3 heteroatoms. The minimum Gasteiger partial charge on any atom is -0.370 e.